The largest absolute Gasteiger partial charge is 0.486 e. The first-order chi connectivity index (χ1) is 16.0. The van der Waals surface area contributed by atoms with E-state index in [4.69, 9.17) is 9.15 Å². The van der Waals surface area contributed by atoms with Gasteiger partial charge in [-0.1, -0.05) is 23.8 Å². The minimum Gasteiger partial charge on any atom is -0.486 e. The number of furan rings is 1. The molecule has 1 amide bonds. The number of hydrogen-bond donors (Lipinski definition) is 1. The van der Waals surface area contributed by atoms with Crippen LogP contribution in [-0.4, -0.2) is 21.6 Å². The van der Waals surface area contributed by atoms with E-state index in [1.807, 2.05) is 31.2 Å². The van der Waals surface area contributed by atoms with Gasteiger partial charge in [0.15, 0.2) is 5.76 Å². The minimum atomic E-state index is -0.513. The van der Waals surface area contributed by atoms with Gasteiger partial charge < -0.3 is 13.7 Å². The van der Waals surface area contributed by atoms with Crippen molar-refractivity contribution in [2.45, 2.75) is 13.5 Å². The molecular formula is C24H20N4O5. The summed E-state index contributed by atoms with van der Waals surface area (Å²) in [5.41, 5.74) is 4.76. The zero-order chi connectivity index (χ0) is 23.2. The molecule has 4 rings (SSSR count). The molecule has 2 aromatic carbocycles. The highest BCUT2D eigenvalue weighted by atomic mass is 16.6. The van der Waals surface area contributed by atoms with Crippen molar-refractivity contribution in [1.82, 2.24) is 9.99 Å². The van der Waals surface area contributed by atoms with Gasteiger partial charge in [-0.2, -0.15) is 5.10 Å². The predicted molar refractivity (Wildman–Crippen MR) is 122 cm³/mol. The quantitative estimate of drug-likeness (QED) is 0.242. The molecule has 4 aromatic rings. The van der Waals surface area contributed by atoms with Crippen LogP contribution in [0.25, 0.3) is 5.69 Å². The lowest BCUT2D eigenvalue weighted by atomic mass is 10.2. The van der Waals surface area contributed by atoms with E-state index in [0.29, 0.717) is 22.9 Å². The third-order valence-corrected chi connectivity index (χ3v) is 4.75. The van der Waals surface area contributed by atoms with Crippen LogP contribution in [0.5, 0.6) is 5.75 Å². The zero-order valence-corrected chi connectivity index (χ0v) is 17.7. The highest BCUT2D eigenvalue weighted by Crippen LogP contribution is 2.18. The van der Waals surface area contributed by atoms with E-state index < -0.39 is 10.8 Å². The maximum atomic E-state index is 12.3. The van der Waals surface area contributed by atoms with Gasteiger partial charge in [-0.05, 0) is 49.4 Å². The molecule has 0 saturated heterocycles. The summed E-state index contributed by atoms with van der Waals surface area (Å²) < 4.78 is 12.9. The Labute approximate surface area is 189 Å². The number of nitro benzene ring substituents is 1. The third-order valence-electron chi connectivity index (χ3n) is 4.75. The van der Waals surface area contributed by atoms with Gasteiger partial charge in [0, 0.05) is 18.3 Å². The molecule has 166 valence electrons. The first-order valence-corrected chi connectivity index (χ1v) is 10.0. The zero-order valence-electron chi connectivity index (χ0n) is 17.7. The summed E-state index contributed by atoms with van der Waals surface area (Å²) in [5.74, 6) is 0.800. The van der Waals surface area contributed by atoms with Crippen LogP contribution in [0.3, 0.4) is 0 Å². The first kappa shape index (κ1) is 21.6. The number of benzene rings is 2. The summed E-state index contributed by atoms with van der Waals surface area (Å²) in [6.45, 7) is 2.19. The Bertz CT molecular complexity index is 1300. The second-order valence-electron chi connectivity index (χ2n) is 7.15. The Morgan fingerprint density at radius 3 is 2.76 bits per heavy atom. The number of nitrogens with zero attached hydrogens (tertiary/aromatic N) is 3. The molecule has 1 N–H and O–H groups in total. The Hall–Kier alpha value is -4.66. The first-order valence-electron chi connectivity index (χ1n) is 10.0. The monoisotopic (exact) mass is 444 g/mol. The van der Waals surface area contributed by atoms with E-state index >= 15 is 0 Å². The number of carbonyl (C=O) groups is 1. The Kier molecular flexibility index (Phi) is 6.31. The van der Waals surface area contributed by atoms with Gasteiger partial charge in [0.05, 0.1) is 22.5 Å². The molecule has 0 spiro atoms. The number of hydrogen-bond acceptors (Lipinski definition) is 6. The molecule has 0 aliphatic carbocycles. The van der Waals surface area contributed by atoms with Crippen LogP contribution in [0.2, 0.25) is 0 Å². The topological polar surface area (TPSA) is 112 Å². The van der Waals surface area contributed by atoms with Gasteiger partial charge in [0.2, 0.25) is 0 Å². The summed E-state index contributed by atoms with van der Waals surface area (Å²) in [6.07, 6.45) is 3.19. The SMILES string of the molecule is Cc1ccc(OCc2ccc(C(=O)NN=Cc3cccn3-c3cccc([N+](=O)[O-])c3)o2)cc1. The Balaban J connectivity index is 1.36. The minimum absolute atomic E-state index is 0.0163. The van der Waals surface area contributed by atoms with E-state index in [1.54, 1.807) is 47.2 Å². The van der Waals surface area contributed by atoms with E-state index in [1.165, 1.54) is 18.3 Å². The van der Waals surface area contributed by atoms with Crippen molar-refractivity contribution >= 4 is 17.8 Å². The summed E-state index contributed by atoms with van der Waals surface area (Å²) in [5, 5.41) is 15.0. The molecule has 0 bridgehead atoms. The molecular weight excluding hydrogens is 424 g/mol. The fourth-order valence-corrected chi connectivity index (χ4v) is 3.07. The highest BCUT2D eigenvalue weighted by molar-refractivity contribution is 5.92. The van der Waals surface area contributed by atoms with Crippen molar-refractivity contribution in [3.05, 3.63) is 112 Å². The second-order valence-corrected chi connectivity index (χ2v) is 7.15. The van der Waals surface area contributed by atoms with Crippen LogP contribution in [-0.2, 0) is 6.61 Å². The van der Waals surface area contributed by atoms with Gasteiger partial charge in [0.25, 0.3) is 5.69 Å². The number of hydrazone groups is 1. The van der Waals surface area contributed by atoms with Gasteiger partial charge >= 0.3 is 5.91 Å². The number of nitrogens with one attached hydrogen (secondary N) is 1. The fraction of sp³-hybridized carbons (Fsp3) is 0.0833. The molecule has 0 aliphatic heterocycles. The van der Waals surface area contributed by atoms with Crippen molar-refractivity contribution in [2.24, 2.45) is 5.10 Å². The van der Waals surface area contributed by atoms with E-state index in [0.717, 1.165) is 5.56 Å². The molecule has 0 unspecified atom stereocenters. The number of nitro groups is 1. The van der Waals surface area contributed by atoms with E-state index in [-0.39, 0.29) is 18.1 Å². The number of amides is 1. The van der Waals surface area contributed by atoms with Crippen LogP contribution in [0.1, 0.15) is 27.6 Å². The molecule has 9 nitrogen and oxygen atoms in total. The standard InChI is InChI=1S/C24H20N4O5/c1-17-7-9-21(10-8-17)32-16-22-11-12-23(33-22)24(29)26-25-15-20-6-3-13-27(20)18-4-2-5-19(14-18)28(30)31/h2-15H,16H2,1H3,(H,26,29). The van der Waals surface area contributed by atoms with Crippen LogP contribution in [0.15, 0.2) is 88.5 Å². The number of carbonyl (C=O) groups excluding carboxylic acids is 1. The molecule has 9 heteroatoms. The lowest BCUT2D eigenvalue weighted by Gasteiger charge is -2.06. The van der Waals surface area contributed by atoms with Crippen molar-refractivity contribution in [3.8, 4) is 11.4 Å². The molecule has 2 aromatic heterocycles. The van der Waals surface area contributed by atoms with Gasteiger partial charge in [-0.25, -0.2) is 5.43 Å². The van der Waals surface area contributed by atoms with Crippen LogP contribution < -0.4 is 10.2 Å². The lowest BCUT2D eigenvalue weighted by Crippen LogP contribution is -2.17. The van der Waals surface area contributed by atoms with Gasteiger partial charge in [0.1, 0.15) is 18.1 Å². The number of aryl methyl sites for hydroxylation is 1. The van der Waals surface area contributed by atoms with Crippen molar-refractivity contribution in [1.29, 1.82) is 0 Å². The van der Waals surface area contributed by atoms with Crippen LogP contribution in [0.4, 0.5) is 5.69 Å². The van der Waals surface area contributed by atoms with Crippen LogP contribution in [0, 0.1) is 17.0 Å². The summed E-state index contributed by atoms with van der Waals surface area (Å²) in [4.78, 5) is 22.9. The van der Waals surface area contributed by atoms with Crippen LogP contribution >= 0.6 is 0 Å². The van der Waals surface area contributed by atoms with Gasteiger partial charge in [-0.15, -0.1) is 0 Å². The molecule has 0 saturated carbocycles. The van der Waals surface area contributed by atoms with Crippen molar-refractivity contribution < 1.29 is 18.9 Å². The molecule has 0 aliphatic rings. The number of non-ortho nitro benzene ring substituents is 1. The smallest absolute Gasteiger partial charge is 0.307 e. The van der Waals surface area contributed by atoms with E-state index in [9.17, 15) is 14.9 Å². The summed E-state index contributed by atoms with van der Waals surface area (Å²) in [6, 6.07) is 20.6. The Morgan fingerprint density at radius 2 is 1.97 bits per heavy atom. The van der Waals surface area contributed by atoms with E-state index in [2.05, 4.69) is 10.5 Å². The lowest BCUT2D eigenvalue weighted by molar-refractivity contribution is -0.384. The predicted octanol–water partition coefficient (Wildman–Crippen LogP) is 4.63. The maximum Gasteiger partial charge on any atom is 0.307 e. The average Bonchev–Trinajstić information content (AvgIpc) is 3.48. The fourth-order valence-electron chi connectivity index (χ4n) is 3.07. The number of ether oxygens (including phenoxy) is 1. The van der Waals surface area contributed by atoms with Crippen molar-refractivity contribution in [3.63, 3.8) is 0 Å². The highest BCUT2D eigenvalue weighted by Gasteiger charge is 2.12. The second kappa shape index (κ2) is 9.65. The molecule has 0 atom stereocenters. The number of rotatable bonds is 8. The number of aromatic nitrogens is 1. The molecule has 33 heavy (non-hydrogen) atoms. The molecule has 0 fully saturated rings. The summed E-state index contributed by atoms with van der Waals surface area (Å²) >= 11 is 0. The normalized spacial score (nSPS) is 10.9. The van der Waals surface area contributed by atoms with Gasteiger partial charge in [-0.3, -0.25) is 14.9 Å². The molecule has 0 radical (unpaired) electrons. The third kappa shape index (κ3) is 5.34. The Morgan fingerprint density at radius 1 is 1.15 bits per heavy atom. The summed E-state index contributed by atoms with van der Waals surface area (Å²) in [7, 11) is 0. The maximum absolute atomic E-state index is 12.3. The van der Waals surface area contributed by atoms with Crippen molar-refractivity contribution in [2.75, 3.05) is 0 Å². The molecule has 2 heterocycles. The average molecular weight is 444 g/mol.